The molecule has 12 heavy (non-hydrogen) atoms. The van der Waals surface area contributed by atoms with Crippen LogP contribution in [0, 0.1) is 0 Å². The fourth-order valence-corrected chi connectivity index (χ4v) is 1.64. The standard InChI is InChI=1S/C6H11BrO5/c7-6(2-9)5(11)4(10)3(1-8)12-6/h3-5,8-11H,1-2H2/t3-,4-,5-,6?/m1/s1. The van der Waals surface area contributed by atoms with E-state index in [0.717, 1.165) is 0 Å². The average molecular weight is 243 g/mol. The SMILES string of the molecule is OC[C@H]1OC(Br)(CO)[C@H](O)[C@@H]1O. The maximum atomic E-state index is 9.33. The molecule has 4 atom stereocenters. The van der Waals surface area contributed by atoms with Crippen molar-refractivity contribution < 1.29 is 25.2 Å². The minimum Gasteiger partial charge on any atom is -0.394 e. The summed E-state index contributed by atoms with van der Waals surface area (Å²) in [6.45, 7) is -0.868. The van der Waals surface area contributed by atoms with Crippen LogP contribution in [0.2, 0.25) is 0 Å². The highest BCUT2D eigenvalue weighted by Crippen LogP contribution is 2.35. The van der Waals surface area contributed by atoms with Crippen molar-refractivity contribution in [2.24, 2.45) is 0 Å². The quantitative estimate of drug-likeness (QED) is 0.429. The highest BCUT2D eigenvalue weighted by Gasteiger charge is 2.52. The van der Waals surface area contributed by atoms with Crippen LogP contribution in [-0.2, 0) is 4.74 Å². The summed E-state index contributed by atoms with van der Waals surface area (Å²) < 4.78 is 3.64. The molecule has 0 aromatic rings. The van der Waals surface area contributed by atoms with Crippen molar-refractivity contribution in [2.45, 2.75) is 22.8 Å². The third-order valence-electron chi connectivity index (χ3n) is 1.89. The molecule has 1 rings (SSSR count). The van der Waals surface area contributed by atoms with Crippen LogP contribution in [0.5, 0.6) is 0 Å². The Labute approximate surface area is 77.7 Å². The molecule has 0 aromatic heterocycles. The number of ether oxygens (including phenoxy) is 1. The highest BCUT2D eigenvalue weighted by molar-refractivity contribution is 9.10. The number of alkyl halides is 1. The molecule has 1 heterocycles. The van der Waals surface area contributed by atoms with E-state index in [2.05, 4.69) is 15.9 Å². The van der Waals surface area contributed by atoms with Crippen LogP contribution in [0.15, 0.2) is 0 Å². The predicted molar refractivity (Wildman–Crippen MR) is 42.7 cm³/mol. The van der Waals surface area contributed by atoms with Crippen molar-refractivity contribution in [3.05, 3.63) is 0 Å². The molecule has 0 radical (unpaired) electrons. The van der Waals surface area contributed by atoms with E-state index >= 15 is 0 Å². The summed E-state index contributed by atoms with van der Waals surface area (Å²) in [5, 5.41) is 36.1. The molecule has 5 nitrogen and oxygen atoms in total. The molecule has 1 aliphatic rings. The zero-order valence-electron chi connectivity index (χ0n) is 6.22. The van der Waals surface area contributed by atoms with E-state index in [4.69, 9.17) is 14.9 Å². The molecule has 1 aliphatic heterocycles. The second kappa shape index (κ2) is 3.57. The van der Waals surface area contributed by atoms with Gasteiger partial charge in [-0.15, -0.1) is 0 Å². The summed E-state index contributed by atoms with van der Waals surface area (Å²) in [5.41, 5.74) is 0. The number of aliphatic hydroxyl groups is 4. The molecule has 1 unspecified atom stereocenters. The maximum absolute atomic E-state index is 9.33. The summed E-state index contributed by atoms with van der Waals surface area (Å²) in [7, 11) is 0. The van der Waals surface area contributed by atoms with Crippen LogP contribution in [0.25, 0.3) is 0 Å². The molecule has 6 heteroatoms. The van der Waals surface area contributed by atoms with E-state index in [1.807, 2.05) is 0 Å². The van der Waals surface area contributed by atoms with Crippen LogP contribution >= 0.6 is 15.9 Å². The van der Waals surface area contributed by atoms with Gasteiger partial charge in [-0.25, -0.2) is 0 Å². The second-order valence-electron chi connectivity index (χ2n) is 2.72. The Kier molecular flexibility index (Phi) is 3.08. The van der Waals surface area contributed by atoms with Crippen molar-refractivity contribution >= 4 is 15.9 Å². The van der Waals surface area contributed by atoms with Crippen molar-refractivity contribution in [1.82, 2.24) is 0 Å². The largest absolute Gasteiger partial charge is 0.394 e. The lowest BCUT2D eigenvalue weighted by atomic mass is 10.1. The lowest BCUT2D eigenvalue weighted by Crippen LogP contribution is -2.40. The third-order valence-corrected chi connectivity index (χ3v) is 2.80. The highest BCUT2D eigenvalue weighted by atomic mass is 79.9. The normalized spacial score (nSPS) is 48.2. The smallest absolute Gasteiger partial charge is 0.174 e. The summed E-state index contributed by atoms with van der Waals surface area (Å²) in [4.78, 5) is 0. The summed E-state index contributed by atoms with van der Waals surface area (Å²) in [5.74, 6) is 0. The Hall–Kier alpha value is 0.280. The summed E-state index contributed by atoms with van der Waals surface area (Å²) in [6, 6.07) is 0. The molecular formula is C6H11BrO5. The molecule has 0 aliphatic carbocycles. The minimum atomic E-state index is -1.35. The van der Waals surface area contributed by atoms with Gasteiger partial charge in [0.25, 0.3) is 0 Å². The fourth-order valence-electron chi connectivity index (χ4n) is 1.13. The molecule has 0 spiro atoms. The van der Waals surface area contributed by atoms with Gasteiger partial charge < -0.3 is 25.2 Å². The van der Waals surface area contributed by atoms with E-state index in [1.165, 1.54) is 0 Å². The number of aliphatic hydroxyl groups excluding tert-OH is 4. The first kappa shape index (κ1) is 10.4. The van der Waals surface area contributed by atoms with Gasteiger partial charge >= 0.3 is 0 Å². The zero-order valence-corrected chi connectivity index (χ0v) is 7.81. The van der Waals surface area contributed by atoms with E-state index < -0.39 is 36.0 Å². The van der Waals surface area contributed by atoms with Gasteiger partial charge in [0, 0.05) is 0 Å². The second-order valence-corrected chi connectivity index (χ2v) is 4.06. The van der Waals surface area contributed by atoms with Gasteiger partial charge in [0.1, 0.15) is 18.3 Å². The Bertz CT molecular complexity index is 166. The summed E-state index contributed by atoms with van der Waals surface area (Å²) in [6.07, 6.45) is -3.27. The lowest BCUT2D eigenvalue weighted by molar-refractivity contribution is -0.0557. The number of rotatable bonds is 2. The van der Waals surface area contributed by atoms with Gasteiger partial charge in [-0.2, -0.15) is 0 Å². The minimum absolute atomic E-state index is 0.397. The Morgan fingerprint density at radius 3 is 2.17 bits per heavy atom. The van der Waals surface area contributed by atoms with Crippen LogP contribution in [-0.4, -0.2) is 56.5 Å². The number of hydrogen-bond donors (Lipinski definition) is 4. The van der Waals surface area contributed by atoms with E-state index in [-0.39, 0.29) is 0 Å². The average Bonchev–Trinajstić information content (AvgIpc) is 2.31. The Morgan fingerprint density at radius 1 is 1.33 bits per heavy atom. The van der Waals surface area contributed by atoms with Gasteiger partial charge in [0.2, 0.25) is 0 Å². The summed E-state index contributed by atoms with van der Waals surface area (Å²) >= 11 is 2.94. The van der Waals surface area contributed by atoms with Gasteiger partial charge in [-0.1, -0.05) is 0 Å². The maximum Gasteiger partial charge on any atom is 0.174 e. The monoisotopic (exact) mass is 242 g/mol. The molecule has 0 bridgehead atoms. The van der Waals surface area contributed by atoms with Crippen LogP contribution < -0.4 is 0 Å². The van der Waals surface area contributed by atoms with Gasteiger partial charge in [0.15, 0.2) is 4.51 Å². The number of hydrogen-bond acceptors (Lipinski definition) is 5. The van der Waals surface area contributed by atoms with Crippen molar-refractivity contribution in [3.63, 3.8) is 0 Å². The fraction of sp³-hybridized carbons (Fsp3) is 1.00. The first-order valence-electron chi connectivity index (χ1n) is 3.49. The molecule has 0 aromatic carbocycles. The van der Waals surface area contributed by atoms with Gasteiger partial charge in [-0.3, -0.25) is 0 Å². The van der Waals surface area contributed by atoms with Crippen molar-refractivity contribution in [1.29, 1.82) is 0 Å². The van der Waals surface area contributed by atoms with Crippen LogP contribution in [0.1, 0.15) is 0 Å². The Morgan fingerprint density at radius 2 is 1.92 bits per heavy atom. The topological polar surface area (TPSA) is 90.2 Å². The van der Waals surface area contributed by atoms with Crippen molar-refractivity contribution in [3.8, 4) is 0 Å². The molecule has 72 valence electrons. The molecule has 0 amide bonds. The first-order chi connectivity index (χ1) is 5.55. The molecule has 0 saturated carbocycles. The zero-order chi connectivity index (χ0) is 9.35. The molecular weight excluding hydrogens is 232 g/mol. The van der Waals surface area contributed by atoms with Crippen molar-refractivity contribution in [2.75, 3.05) is 13.2 Å². The van der Waals surface area contributed by atoms with E-state index in [1.54, 1.807) is 0 Å². The molecule has 4 N–H and O–H groups in total. The van der Waals surface area contributed by atoms with Crippen LogP contribution in [0.3, 0.4) is 0 Å². The first-order valence-corrected chi connectivity index (χ1v) is 4.29. The van der Waals surface area contributed by atoms with Gasteiger partial charge in [0.05, 0.1) is 13.2 Å². The Balaban J connectivity index is 2.72. The van der Waals surface area contributed by atoms with E-state index in [9.17, 15) is 10.2 Å². The third kappa shape index (κ3) is 1.50. The van der Waals surface area contributed by atoms with Crippen LogP contribution in [0.4, 0.5) is 0 Å². The van der Waals surface area contributed by atoms with Gasteiger partial charge in [-0.05, 0) is 15.9 Å². The van der Waals surface area contributed by atoms with E-state index in [0.29, 0.717) is 0 Å². The lowest BCUT2D eigenvalue weighted by Gasteiger charge is -2.22. The predicted octanol–water partition coefficient (Wildman–Crippen LogP) is -1.82. The number of halogens is 1. The molecule has 1 saturated heterocycles. The molecule has 1 fully saturated rings.